The lowest BCUT2D eigenvalue weighted by Crippen LogP contribution is -2.48. The van der Waals surface area contributed by atoms with Crippen LogP contribution in [0.15, 0.2) is 39.9 Å². The van der Waals surface area contributed by atoms with E-state index in [0.29, 0.717) is 36.8 Å². The van der Waals surface area contributed by atoms with Gasteiger partial charge >= 0.3 is 0 Å². The molecule has 9 heteroatoms. The zero-order valence-corrected chi connectivity index (χ0v) is 18.5. The third-order valence-corrected chi connectivity index (χ3v) is 9.02. The molecule has 156 valence electrons. The van der Waals surface area contributed by atoms with Crippen molar-refractivity contribution in [3.8, 4) is 0 Å². The highest BCUT2D eigenvalue weighted by Gasteiger charge is 2.31. The Balaban J connectivity index is 1.43. The molecule has 2 saturated heterocycles. The van der Waals surface area contributed by atoms with Gasteiger partial charge in [0, 0.05) is 55.4 Å². The number of anilines is 1. The van der Waals surface area contributed by atoms with E-state index in [-0.39, 0.29) is 10.1 Å². The van der Waals surface area contributed by atoms with E-state index in [9.17, 15) is 13.2 Å². The van der Waals surface area contributed by atoms with Gasteiger partial charge in [-0.3, -0.25) is 4.79 Å². The van der Waals surface area contributed by atoms with Crippen LogP contribution in [0.4, 0.5) is 5.69 Å². The number of thiophene rings is 1. The molecule has 1 aromatic carbocycles. The summed E-state index contributed by atoms with van der Waals surface area (Å²) in [5.74, 6) is -0.0619. The number of piperidine rings is 1. The maximum absolute atomic E-state index is 13.1. The standard InChI is InChI=1S/C20H24ClN3O3S2/c21-17-5-4-6-18(14-17)22-9-11-24(12-10-22)29(26,27)19-13-16(15-28-19)20(25)23-7-2-1-3-8-23/h4-6,13-15H,1-3,7-12H2. The van der Waals surface area contributed by atoms with E-state index >= 15 is 0 Å². The number of amides is 1. The molecular weight excluding hydrogens is 430 g/mol. The number of sulfonamides is 1. The number of hydrogen-bond acceptors (Lipinski definition) is 5. The zero-order valence-electron chi connectivity index (χ0n) is 16.1. The van der Waals surface area contributed by atoms with Crippen molar-refractivity contribution in [1.29, 1.82) is 0 Å². The van der Waals surface area contributed by atoms with Crippen molar-refractivity contribution < 1.29 is 13.2 Å². The molecule has 0 bridgehead atoms. The molecule has 6 nitrogen and oxygen atoms in total. The number of rotatable bonds is 4. The van der Waals surface area contributed by atoms with Gasteiger partial charge in [-0.2, -0.15) is 4.31 Å². The SMILES string of the molecule is O=C(c1csc(S(=O)(=O)N2CCN(c3cccc(Cl)c3)CC2)c1)N1CCCCC1. The fourth-order valence-corrected chi connectivity index (χ4v) is 6.74. The summed E-state index contributed by atoms with van der Waals surface area (Å²) in [6.45, 7) is 3.52. The monoisotopic (exact) mass is 453 g/mol. The summed E-state index contributed by atoms with van der Waals surface area (Å²) in [5.41, 5.74) is 1.48. The first kappa shape index (κ1) is 20.7. The second-order valence-electron chi connectivity index (χ2n) is 7.38. The Morgan fingerprint density at radius 3 is 2.38 bits per heavy atom. The predicted octanol–water partition coefficient (Wildman–Crippen LogP) is 3.54. The lowest BCUT2D eigenvalue weighted by atomic mass is 10.1. The third kappa shape index (κ3) is 4.45. The molecule has 0 unspecified atom stereocenters. The Hall–Kier alpha value is -1.61. The number of likely N-dealkylation sites (tertiary alicyclic amines) is 1. The van der Waals surface area contributed by atoms with Gasteiger partial charge in [0.25, 0.3) is 15.9 Å². The summed E-state index contributed by atoms with van der Waals surface area (Å²) in [4.78, 5) is 16.6. The van der Waals surface area contributed by atoms with E-state index in [1.807, 2.05) is 29.2 Å². The maximum Gasteiger partial charge on any atom is 0.254 e. The van der Waals surface area contributed by atoms with Crippen molar-refractivity contribution in [2.75, 3.05) is 44.2 Å². The molecule has 0 aliphatic carbocycles. The quantitative estimate of drug-likeness (QED) is 0.710. The molecule has 2 fully saturated rings. The molecule has 1 aromatic heterocycles. The van der Waals surface area contributed by atoms with Crippen molar-refractivity contribution in [2.24, 2.45) is 0 Å². The highest BCUT2D eigenvalue weighted by molar-refractivity contribution is 7.91. The largest absolute Gasteiger partial charge is 0.369 e. The highest BCUT2D eigenvalue weighted by Crippen LogP contribution is 2.28. The van der Waals surface area contributed by atoms with Gasteiger partial charge in [0.15, 0.2) is 0 Å². The number of carbonyl (C=O) groups is 1. The Morgan fingerprint density at radius 2 is 1.69 bits per heavy atom. The first-order valence-corrected chi connectivity index (χ1v) is 12.5. The Kier molecular flexibility index (Phi) is 6.15. The van der Waals surface area contributed by atoms with E-state index in [1.54, 1.807) is 11.4 Å². The van der Waals surface area contributed by atoms with Crippen LogP contribution in [-0.4, -0.2) is 62.8 Å². The lowest BCUT2D eigenvalue weighted by Gasteiger charge is -2.35. The van der Waals surface area contributed by atoms with Gasteiger partial charge in [0.05, 0.1) is 5.56 Å². The molecule has 2 aliphatic heterocycles. The van der Waals surface area contributed by atoms with Crippen LogP contribution in [-0.2, 0) is 10.0 Å². The maximum atomic E-state index is 13.1. The minimum absolute atomic E-state index is 0.0619. The van der Waals surface area contributed by atoms with Gasteiger partial charge in [-0.15, -0.1) is 11.3 Å². The molecule has 2 aliphatic rings. The summed E-state index contributed by atoms with van der Waals surface area (Å²) in [5, 5.41) is 2.34. The van der Waals surface area contributed by atoms with Gasteiger partial charge in [-0.05, 0) is 43.5 Å². The van der Waals surface area contributed by atoms with Crippen LogP contribution in [0.5, 0.6) is 0 Å². The van der Waals surface area contributed by atoms with Crippen molar-refractivity contribution in [3.63, 3.8) is 0 Å². The number of piperazine rings is 1. The van der Waals surface area contributed by atoms with Crippen LogP contribution >= 0.6 is 22.9 Å². The van der Waals surface area contributed by atoms with Gasteiger partial charge in [0.2, 0.25) is 0 Å². The first-order valence-electron chi connectivity index (χ1n) is 9.83. The zero-order chi connectivity index (χ0) is 20.4. The van der Waals surface area contributed by atoms with Gasteiger partial charge in [0.1, 0.15) is 4.21 Å². The van der Waals surface area contributed by atoms with Crippen LogP contribution in [0.1, 0.15) is 29.6 Å². The number of benzene rings is 1. The molecule has 0 spiro atoms. The number of carbonyl (C=O) groups excluding carboxylic acids is 1. The van der Waals surface area contributed by atoms with Crippen molar-refractivity contribution in [1.82, 2.24) is 9.21 Å². The average Bonchev–Trinajstić information content (AvgIpc) is 3.25. The van der Waals surface area contributed by atoms with E-state index in [1.165, 1.54) is 4.31 Å². The van der Waals surface area contributed by atoms with Gasteiger partial charge in [-0.1, -0.05) is 17.7 Å². The van der Waals surface area contributed by atoms with E-state index < -0.39 is 10.0 Å². The van der Waals surface area contributed by atoms with Gasteiger partial charge in [-0.25, -0.2) is 8.42 Å². The van der Waals surface area contributed by atoms with E-state index in [2.05, 4.69) is 4.90 Å². The third-order valence-electron chi connectivity index (χ3n) is 5.47. The molecule has 0 radical (unpaired) electrons. The first-order chi connectivity index (χ1) is 13.9. The van der Waals surface area contributed by atoms with Crippen molar-refractivity contribution >= 4 is 44.6 Å². The summed E-state index contributed by atoms with van der Waals surface area (Å²) >= 11 is 7.20. The Morgan fingerprint density at radius 1 is 0.966 bits per heavy atom. The normalized spacial score (nSPS) is 18.8. The molecule has 2 aromatic rings. The van der Waals surface area contributed by atoms with E-state index in [4.69, 9.17) is 11.6 Å². The summed E-state index contributed by atoms with van der Waals surface area (Å²) in [7, 11) is -3.59. The average molecular weight is 454 g/mol. The summed E-state index contributed by atoms with van der Waals surface area (Å²) in [6, 6.07) is 9.14. The van der Waals surface area contributed by atoms with Gasteiger partial charge < -0.3 is 9.80 Å². The highest BCUT2D eigenvalue weighted by atomic mass is 35.5. The van der Waals surface area contributed by atoms with Crippen molar-refractivity contribution in [2.45, 2.75) is 23.5 Å². The second-order valence-corrected chi connectivity index (χ2v) is 10.9. The fourth-order valence-electron chi connectivity index (χ4n) is 3.83. The minimum atomic E-state index is -3.59. The number of hydrogen-bond donors (Lipinski definition) is 0. The fraction of sp³-hybridized carbons (Fsp3) is 0.450. The summed E-state index contributed by atoms with van der Waals surface area (Å²) in [6.07, 6.45) is 3.17. The second kappa shape index (κ2) is 8.63. The molecule has 1 amide bonds. The molecule has 3 heterocycles. The molecule has 0 atom stereocenters. The Labute approximate surface area is 180 Å². The minimum Gasteiger partial charge on any atom is -0.369 e. The lowest BCUT2D eigenvalue weighted by molar-refractivity contribution is 0.0725. The molecule has 0 saturated carbocycles. The van der Waals surface area contributed by atoms with Crippen LogP contribution in [0.2, 0.25) is 5.02 Å². The molecule has 0 N–H and O–H groups in total. The molecule has 4 rings (SSSR count). The van der Waals surface area contributed by atoms with Crippen LogP contribution < -0.4 is 4.90 Å². The Bertz CT molecular complexity index is 978. The molecule has 29 heavy (non-hydrogen) atoms. The van der Waals surface area contributed by atoms with Crippen LogP contribution in [0, 0.1) is 0 Å². The smallest absolute Gasteiger partial charge is 0.254 e. The topological polar surface area (TPSA) is 60.9 Å². The predicted molar refractivity (Wildman–Crippen MR) is 116 cm³/mol. The summed E-state index contributed by atoms with van der Waals surface area (Å²) < 4.78 is 27.9. The molecular formula is C20H24ClN3O3S2. The van der Waals surface area contributed by atoms with Crippen LogP contribution in [0.25, 0.3) is 0 Å². The number of nitrogens with zero attached hydrogens (tertiary/aromatic N) is 3. The van der Waals surface area contributed by atoms with E-state index in [0.717, 1.165) is 49.4 Å². The number of halogens is 1. The van der Waals surface area contributed by atoms with Crippen molar-refractivity contribution in [3.05, 3.63) is 46.3 Å². The van der Waals surface area contributed by atoms with Crippen LogP contribution in [0.3, 0.4) is 0 Å².